The summed E-state index contributed by atoms with van der Waals surface area (Å²) >= 11 is 0. The van der Waals surface area contributed by atoms with Gasteiger partial charge in [0.15, 0.2) is 0 Å². The van der Waals surface area contributed by atoms with E-state index in [4.69, 9.17) is 0 Å². The molecule has 16 heavy (non-hydrogen) atoms. The van der Waals surface area contributed by atoms with E-state index in [9.17, 15) is 10.2 Å². The topological polar surface area (TPSA) is 40.5 Å². The Bertz CT molecular complexity index is 154. The van der Waals surface area contributed by atoms with Crippen LogP contribution in [0.5, 0.6) is 0 Å². The minimum atomic E-state index is -0.509. The second kappa shape index (κ2) is 7.29. The fourth-order valence-electron chi connectivity index (χ4n) is 2.34. The van der Waals surface area contributed by atoms with Crippen LogP contribution in [0.1, 0.15) is 79.1 Å². The van der Waals surface area contributed by atoms with Gasteiger partial charge in [0.1, 0.15) is 0 Å². The highest BCUT2D eigenvalue weighted by atomic mass is 16.3. The van der Waals surface area contributed by atoms with Gasteiger partial charge in [-0.3, -0.25) is 0 Å². The number of hydrogen-bond donors (Lipinski definition) is 2. The van der Waals surface area contributed by atoms with E-state index < -0.39 is 11.2 Å². The van der Waals surface area contributed by atoms with Crippen LogP contribution in [0.3, 0.4) is 0 Å². The van der Waals surface area contributed by atoms with Crippen molar-refractivity contribution in [3.8, 4) is 0 Å². The van der Waals surface area contributed by atoms with Crippen LogP contribution < -0.4 is 0 Å². The SMILES string of the molecule is CCCC(C)(O)CCCCC(C)(O)CCC. The third kappa shape index (κ3) is 8.12. The Hall–Kier alpha value is -0.0800. The van der Waals surface area contributed by atoms with E-state index in [0.717, 1.165) is 51.4 Å². The summed E-state index contributed by atoms with van der Waals surface area (Å²) in [6, 6.07) is 0. The molecule has 0 radical (unpaired) electrons. The Morgan fingerprint density at radius 3 is 1.25 bits per heavy atom. The van der Waals surface area contributed by atoms with Crippen molar-refractivity contribution >= 4 is 0 Å². The molecule has 0 amide bonds. The molecule has 0 aliphatic rings. The number of aliphatic hydroxyl groups is 2. The maximum absolute atomic E-state index is 9.98. The van der Waals surface area contributed by atoms with Gasteiger partial charge in [0.25, 0.3) is 0 Å². The summed E-state index contributed by atoms with van der Waals surface area (Å²) in [5, 5.41) is 20.0. The number of rotatable bonds is 9. The lowest BCUT2D eigenvalue weighted by molar-refractivity contribution is 0.0242. The maximum Gasteiger partial charge on any atom is 0.0619 e. The molecule has 0 aromatic heterocycles. The maximum atomic E-state index is 9.98. The smallest absolute Gasteiger partial charge is 0.0619 e. The Labute approximate surface area is 101 Å². The molecule has 2 unspecified atom stereocenters. The molecule has 0 rings (SSSR count). The molecule has 0 spiro atoms. The van der Waals surface area contributed by atoms with Crippen LogP contribution in [-0.2, 0) is 0 Å². The van der Waals surface area contributed by atoms with Crippen LogP contribution in [-0.4, -0.2) is 21.4 Å². The quantitative estimate of drug-likeness (QED) is 0.594. The first-order valence-corrected chi connectivity index (χ1v) is 6.78. The molecule has 0 bridgehead atoms. The van der Waals surface area contributed by atoms with E-state index in [-0.39, 0.29) is 0 Å². The summed E-state index contributed by atoms with van der Waals surface area (Å²) in [5.74, 6) is 0. The summed E-state index contributed by atoms with van der Waals surface area (Å²) in [7, 11) is 0. The summed E-state index contributed by atoms with van der Waals surface area (Å²) < 4.78 is 0. The van der Waals surface area contributed by atoms with E-state index in [1.807, 2.05) is 13.8 Å². The highest BCUT2D eigenvalue weighted by molar-refractivity contribution is 4.75. The molecule has 0 aromatic carbocycles. The van der Waals surface area contributed by atoms with Crippen LogP contribution in [0.4, 0.5) is 0 Å². The van der Waals surface area contributed by atoms with Crippen molar-refractivity contribution in [2.45, 2.75) is 90.3 Å². The Balaban J connectivity index is 3.67. The second-order valence-corrected chi connectivity index (χ2v) is 5.70. The van der Waals surface area contributed by atoms with Crippen LogP contribution in [0.25, 0.3) is 0 Å². The molecular formula is C14H30O2. The zero-order valence-electron chi connectivity index (χ0n) is 11.6. The van der Waals surface area contributed by atoms with Gasteiger partial charge < -0.3 is 10.2 Å². The van der Waals surface area contributed by atoms with Crippen molar-refractivity contribution in [2.75, 3.05) is 0 Å². The van der Waals surface area contributed by atoms with Crippen LogP contribution in [0.2, 0.25) is 0 Å². The average molecular weight is 230 g/mol. The lowest BCUT2D eigenvalue weighted by atomic mass is 9.90. The average Bonchev–Trinajstić information content (AvgIpc) is 2.12. The second-order valence-electron chi connectivity index (χ2n) is 5.70. The zero-order chi connectivity index (χ0) is 12.7. The zero-order valence-corrected chi connectivity index (χ0v) is 11.6. The van der Waals surface area contributed by atoms with Gasteiger partial charge in [-0.1, -0.05) is 39.5 Å². The van der Waals surface area contributed by atoms with E-state index in [0.29, 0.717) is 0 Å². The van der Waals surface area contributed by atoms with Gasteiger partial charge in [0.05, 0.1) is 11.2 Å². The van der Waals surface area contributed by atoms with E-state index >= 15 is 0 Å². The molecule has 98 valence electrons. The van der Waals surface area contributed by atoms with Crippen molar-refractivity contribution < 1.29 is 10.2 Å². The van der Waals surface area contributed by atoms with Gasteiger partial charge in [0.2, 0.25) is 0 Å². The summed E-state index contributed by atoms with van der Waals surface area (Å²) in [4.78, 5) is 0. The highest BCUT2D eigenvalue weighted by Gasteiger charge is 2.21. The molecule has 0 saturated carbocycles. The van der Waals surface area contributed by atoms with Gasteiger partial charge in [-0.15, -0.1) is 0 Å². The Morgan fingerprint density at radius 1 is 0.688 bits per heavy atom. The number of hydrogen-bond acceptors (Lipinski definition) is 2. The largest absolute Gasteiger partial charge is 0.390 e. The number of unbranched alkanes of at least 4 members (excludes halogenated alkanes) is 1. The highest BCUT2D eigenvalue weighted by Crippen LogP contribution is 2.24. The molecule has 2 nitrogen and oxygen atoms in total. The standard InChI is InChI=1S/C14H30O2/c1-5-9-13(3,15)11-7-8-12-14(4,16)10-6-2/h15-16H,5-12H2,1-4H3. The molecule has 0 heterocycles. The Kier molecular flexibility index (Phi) is 7.25. The van der Waals surface area contributed by atoms with E-state index in [1.54, 1.807) is 0 Å². The molecule has 0 fully saturated rings. The van der Waals surface area contributed by atoms with Crippen LogP contribution in [0.15, 0.2) is 0 Å². The lowest BCUT2D eigenvalue weighted by Gasteiger charge is -2.25. The van der Waals surface area contributed by atoms with Gasteiger partial charge >= 0.3 is 0 Å². The van der Waals surface area contributed by atoms with Gasteiger partial charge in [0, 0.05) is 0 Å². The first-order valence-electron chi connectivity index (χ1n) is 6.78. The molecule has 2 atom stereocenters. The van der Waals surface area contributed by atoms with Gasteiger partial charge in [-0.25, -0.2) is 0 Å². The summed E-state index contributed by atoms with van der Waals surface area (Å²) in [5.41, 5.74) is -1.02. The van der Waals surface area contributed by atoms with Crippen LogP contribution >= 0.6 is 0 Å². The fourth-order valence-corrected chi connectivity index (χ4v) is 2.34. The minimum Gasteiger partial charge on any atom is -0.390 e. The van der Waals surface area contributed by atoms with E-state index in [2.05, 4.69) is 13.8 Å². The molecule has 2 heteroatoms. The van der Waals surface area contributed by atoms with Crippen molar-refractivity contribution in [3.05, 3.63) is 0 Å². The summed E-state index contributed by atoms with van der Waals surface area (Å²) in [6.07, 6.45) is 7.52. The van der Waals surface area contributed by atoms with Crippen molar-refractivity contribution in [1.29, 1.82) is 0 Å². The molecule has 0 saturated heterocycles. The molecule has 0 aliphatic heterocycles. The predicted octanol–water partition coefficient (Wildman–Crippen LogP) is 3.65. The third-order valence-corrected chi connectivity index (χ3v) is 3.26. The molecule has 0 aromatic rings. The third-order valence-electron chi connectivity index (χ3n) is 3.26. The van der Waals surface area contributed by atoms with E-state index in [1.165, 1.54) is 0 Å². The monoisotopic (exact) mass is 230 g/mol. The predicted molar refractivity (Wildman–Crippen MR) is 69.5 cm³/mol. The molecular weight excluding hydrogens is 200 g/mol. The van der Waals surface area contributed by atoms with Crippen molar-refractivity contribution in [2.24, 2.45) is 0 Å². The molecule has 2 N–H and O–H groups in total. The van der Waals surface area contributed by atoms with Gasteiger partial charge in [-0.2, -0.15) is 0 Å². The summed E-state index contributed by atoms with van der Waals surface area (Å²) in [6.45, 7) is 8.03. The first-order chi connectivity index (χ1) is 7.33. The Morgan fingerprint density at radius 2 is 1.00 bits per heavy atom. The van der Waals surface area contributed by atoms with Crippen molar-refractivity contribution in [3.63, 3.8) is 0 Å². The van der Waals surface area contributed by atoms with Crippen molar-refractivity contribution in [1.82, 2.24) is 0 Å². The fraction of sp³-hybridized carbons (Fsp3) is 1.00. The normalized spacial score (nSPS) is 19.1. The lowest BCUT2D eigenvalue weighted by Crippen LogP contribution is -2.25. The molecule has 0 aliphatic carbocycles. The van der Waals surface area contributed by atoms with Crippen LogP contribution in [0, 0.1) is 0 Å². The first kappa shape index (κ1) is 15.9. The minimum absolute atomic E-state index is 0.509. The van der Waals surface area contributed by atoms with Gasteiger partial charge in [-0.05, 0) is 39.5 Å².